The molecule has 3 aliphatic carbocycles. The first-order valence-electron chi connectivity index (χ1n) is 14.9. The number of ketones is 2. The van der Waals surface area contributed by atoms with Crippen LogP contribution in [-0.2, 0) is 25.6 Å². The van der Waals surface area contributed by atoms with Crippen LogP contribution in [0.25, 0.3) is 16.9 Å². The van der Waals surface area contributed by atoms with E-state index in [-0.39, 0.29) is 41.0 Å². The maximum atomic E-state index is 14.0. The number of nitrogens with two attached hydrogens (primary N) is 1. The van der Waals surface area contributed by atoms with E-state index in [1.165, 1.54) is 11.0 Å². The van der Waals surface area contributed by atoms with E-state index < -0.39 is 58.0 Å². The molecule has 11 heteroatoms. The van der Waals surface area contributed by atoms with Crippen molar-refractivity contribution < 1.29 is 39.6 Å². The average molecular weight is 618 g/mol. The normalized spacial score (nSPS) is 24.7. The molecule has 0 unspecified atom stereocenters. The Kier molecular flexibility index (Phi) is 7.91. The molecule has 11 nitrogen and oxygen atoms in total. The number of aliphatic hydroxyl groups excluding tert-OH is 2. The molecule has 0 saturated heterocycles. The minimum absolute atomic E-state index is 0.000390. The fraction of sp³-hybridized carbons (Fsp3) is 0.412. The molecule has 1 fully saturated rings. The zero-order valence-electron chi connectivity index (χ0n) is 26.0. The van der Waals surface area contributed by atoms with E-state index in [2.05, 4.69) is 26.1 Å². The number of Topliss-reactive ketones (excluding diaryl/α,β-unsaturated/α-hetero) is 2. The van der Waals surface area contributed by atoms with Crippen LogP contribution in [0.5, 0.6) is 5.75 Å². The lowest BCUT2D eigenvalue weighted by molar-refractivity contribution is -0.153. The van der Waals surface area contributed by atoms with Gasteiger partial charge in [0.05, 0.1) is 11.6 Å². The first-order valence-corrected chi connectivity index (χ1v) is 14.9. The van der Waals surface area contributed by atoms with Crippen molar-refractivity contribution in [2.24, 2.45) is 23.0 Å². The number of fused-ring (bicyclic) bond motifs is 3. The van der Waals surface area contributed by atoms with Crippen LogP contribution in [0.1, 0.15) is 51.2 Å². The molecule has 2 aromatic rings. The molecule has 5 rings (SSSR count). The number of nitrogens with zero attached hydrogens (tertiary/aromatic N) is 1. The first kappa shape index (κ1) is 31.9. The molecule has 0 bridgehead atoms. The number of anilines is 1. The molecular formula is C34H39N3O8. The standard InChI is InChI=1S/C34H39N3O8/c1-33(2,3)13-12-23(39)36-18-8-6-16(7-9-18)19-10-11-22(38)25-20(19)14-17-15-21-27(37(4)5)29(41)26(32(35)44)31(43)34(21,45)30(42)24(17)28(25)40/h6-11,17,21,27,38,40,43,45H,12-15H2,1-5H3,(H2,35,44)(H,36,39)/t17-,21-,27-,34-/m1/s1. The Morgan fingerprint density at radius 2 is 1.69 bits per heavy atom. The van der Waals surface area contributed by atoms with E-state index in [9.17, 15) is 39.6 Å². The molecular weight excluding hydrogens is 578 g/mol. The zero-order chi connectivity index (χ0) is 33.2. The van der Waals surface area contributed by atoms with Gasteiger partial charge in [-0.15, -0.1) is 0 Å². The highest BCUT2D eigenvalue weighted by Crippen LogP contribution is 2.53. The van der Waals surface area contributed by atoms with Gasteiger partial charge in [-0.2, -0.15) is 0 Å². The SMILES string of the molecule is CN(C)[C@H]1C(=O)C(C(N)=O)=C(O)[C@]2(O)C(=O)C3=C(O)c4c(O)ccc(-c5ccc(NC(=O)CCC(C)(C)C)cc5)c4C[C@@H]3C[C@H]12. The number of amides is 2. The van der Waals surface area contributed by atoms with Gasteiger partial charge in [-0.05, 0) is 79.6 Å². The van der Waals surface area contributed by atoms with Crippen LogP contribution < -0.4 is 11.1 Å². The highest BCUT2D eigenvalue weighted by atomic mass is 16.3. The Morgan fingerprint density at radius 1 is 1.04 bits per heavy atom. The Bertz CT molecular complexity index is 1680. The number of aliphatic hydroxyl groups is 3. The number of hydrogen-bond donors (Lipinski definition) is 6. The van der Waals surface area contributed by atoms with Crippen molar-refractivity contribution in [3.8, 4) is 16.9 Å². The second kappa shape index (κ2) is 11.1. The molecule has 3 aliphatic rings. The summed E-state index contributed by atoms with van der Waals surface area (Å²) < 4.78 is 0. The number of rotatable bonds is 6. The Morgan fingerprint density at radius 3 is 2.27 bits per heavy atom. The minimum Gasteiger partial charge on any atom is -0.508 e. The maximum absolute atomic E-state index is 14.0. The lowest BCUT2D eigenvalue weighted by atomic mass is 9.57. The van der Waals surface area contributed by atoms with E-state index in [1.54, 1.807) is 32.3 Å². The van der Waals surface area contributed by atoms with Crippen LogP contribution in [0.2, 0.25) is 0 Å². The second-order valence-electron chi connectivity index (χ2n) is 13.6. The van der Waals surface area contributed by atoms with Gasteiger partial charge in [0.15, 0.2) is 11.4 Å². The van der Waals surface area contributed by atoms with E-state index >= 15 is 0 Å². The average Bonchev–Trinajstić information content (AvgIpc) is 2.94. The zero-order valence-corrected chi connectivity index (χ0v) is 26.0. The van der Waals surface area contributed by atoms with Gasteiger partial charge in [-0.25, -0.2) is 0 Å². The molecule has 0 radical (unpaired) electrons. The Labute approximate surface area is 261 Å². The molecule has 2 amide bonds. The summed E-state index contributed by atoms with van der Waals surface area (Å²) in [6.07, 6.45) is 1.30. The molecule has 45 heavy (non-hydrogen) atoms. The van der Waals surface area contributed by atoms with Crippen molar-refractivity contribution in [1.29, 1.82) is 0 Å². The summed E-state index contributed by atoms with van der Waals surface area (Å²) in [6.45, 7) is 6.22. The monoisotopic (exact) mass is 617 g/mol. The third-order valence-electron chi connectivity index (χ3n) is 9.19. The van der Waals surface area contributed by atoms with Gasteiger partial charge >= 0.3 is 0 Å². The highest BCUT2D eigenvalue weighted by Gasteiger charge is 2.64. The number of phenolic OH excluding ortho intramolecular Hbond substituents is 1. The highest BCUT2D eigenvalue weighted by molar-refractivity contribution is 6.24. The fourth-order valence-corrected chi connectivity index (χ4v) is 6.96. The number of likely N-dealkylation sites (N-methyl/N-ethyl adjacent to an activating group) is 1. The van der Waals surface area contributed by atoms with Gasteiger partial charge in [-0.3, -0.25) is 24.1 Å². The summed E-state index contributed by atoms with van der Waals surface area (Å²) in [4.78, 5) is 53.4. The van der Waals surface area contributed by atoms with Crippen molar-refractivity contribution >= 4 is 34.8 Å². The summed E-state index contributed by atoms with van der Waals surface area (Å²) in [6, 6.07) is 9.08. The summed E-state index contributed by atoms with van der Waals surface area (Å²) >= 11 is 0. The Hall–Kier alpha value is -4.48. The molecule has 0 aromatic heterocycles. The minimum atomic E-state index is -2.69. The smallest absolute Gasteiger partial charge is 0.255 e. The van der Waals surface area contributed by atoms with Crippen molar-refractivity contribution in [2.75, 3.05) is 19.4 Å². The van der Waals surface area contributed by atoms with Crippen LogP contribution in [0.3, 0.4) is 0 Å². The molecule has 2 aromatic carbocycles. The van der Waals surface area contributed by atoms with Crippen molar-refractivity contribution in [2.45, 2.75) is 58.1 Å². The van der Waals surface area contributed by atoms with Gasteiger partial charge in [0.25, 0.3) is 5.91 Å². The molecule has 0 aliphatic heterocycles. The summed E-state index contributed by atoms with van der Waals surface area (Å²) in [5.41, 5.74) is 4.27. The van der Waals surface area contributed by atoms with Gasteiger partial charge < -0.3 is 31.5 Å². The van der Waals surface area contributed by atoms with E-state index in [1.807, 2.05) is 12.1 Å². The lowest BCUT2D eigenvalue weighted by Gasteiger charge is -2.50. The van der Waals surface area contributed by atoms with Crippen LogP contribution in [0.4, 0.5) is 5.69 Å². The number of nitrogens with one attached hydrogen (secondary N) is 1. The number of carbonyl (C=O) groups excluding carboxylic acids is 4. The predicted molar refractivity (Wildman–Crippen MR) is 167 cm³/mol. The number of hydrogen-bond acceptors (Lipinski definition) is 9. The van der Waals surface area contributed by atoms with E-state index in [0.29, 0.717) is 23.2 Å². The number of phenols is 1. The number of aromatic hydroxyl groups is 1. The van der Waals surface area contributed by atoms with Crippen LogP contribution >= 0.6 is 0 Å². The largest absolute Gasteiger partial charge is 0.508 e. The molecule has 1 saturated carbocycles. The quantitative estimate of drug-likeness (QED) is 0.264. The molecule has 238 valence electrons. The first-order chi connectivity index (χ1) is 21.0. The lowest BCUT2D eigenvalue weighted by Crippen LogP contribution is -2.65. The second-order valence-corrected chi connectivity index (χ2v) is 13.6. The number of benzene rings is 2. The molecule has 0 spiro atoms. The number of carbonyl (C=O) groups is 4. The van der Waals surface area contributed by atoms with Crippen molar-refractivity contribution in [3.05, 3.63) is 64.4 Å². The van der Waals surface area contributed by atoms with Crippen molar-refractivity contribution in [3.63, 3.8) is 0 Å². The maximum Gasteiger partial charge on any atom is 0.255 e. The fourth-order valence-electron chi connectivity index (χ4n) is 6.96. The molecule has 4 atom stereocenters. The van der Waals surface area contributed by atoms with Gasteiger partial charge in [0.1, 0.15) is 22.8 Å². The van der Waals surface area contributed by atoms with Crippen molar-refractivity contribution in [1.82, 2.24) is 4.90 Å². The summed E-state index contributed by atoms with van der Waals surface area (Å²) in [7, 11) is 3.11. The topological polar surface area (TPSA) is 190 Å². The number of primary amides is 1. The van der Waals surface area contributed by atoms with Crippen LogP contribution in [0, 0.1) is 17.3 Å². The third kappa shape index (κ3) is 5.29. The molecule has 0 heterocycles. The van der Waals surface area contributed by atoms with Gasteiger partial charge in [0.2, 0.25) is 11.7 Å². The summed E-state index contributed by atoms with van der Waals surface area (Å²) in [5, 5.41) is 48.0. The van der Waals surface area contributed by atoms with Crippen LogP contribution in [-0.4, -0.2) is 74.4 Å². The third-order valence-corrected chi connectivity index (χ3v) is 9.19. The predicted octanol–water partition coefficient (Wildman–Crippen LogP) is 3.40. The Balaban J connectivity index is 1.55. The van der Waals surface area contributed by atoms with E-state index in [0.717, 1.165) is 12.0 Å². The van der Waals surface area contributed by atoms with E-state index in [4.69, 9.17) is 5.73 Å². The van der Waals surface area contributed by atoms with Gasteiger partial charge in [0, 0.05) is 23.6 Å². The molecule has 7 N–H and O–H groups in total. The summed E-state index contributed by atoms with van der Waals surface area (Å²) in [5.74, 6) is -7.03. The van der Waals surface area contributed by atoms with Gasteiger partial charge in [-0.1, -0.05) is 39.0 Å². The van der Waals surface area contributed by atoms with Crippen LogP contribution in [0.15, 0.2) is 53.3 Å².